The van der Waals surface area contributed by atoms with Gasteiger partial charge in [0.1, 0.15) is 5.25 Å². The summed E-state index contributed by atoms with van der Waals surface area (Å²) < 4.78 is 34.2. The molecule has 0 heterocycles. The quantitative estimate of drug-likeness (QED) is 0.0760. The molecule has 0 spiro atoms. The molecule has 0 aliphatic carbocycles. The van der Waals surface area contributed by atoms with Gasteiger partial charge in [0, 0.05) is 25.6 Å². The number of carbonyl (C=O) groups is 2. The van der Waals surface area contributed by atoms with Crippen molar-refractivity contribution in [3.05, 3.63) is 0 Å². The number of carbonyl (C=O) groups excluding carboxylic acids is 2. The fourth-order valence-corrected chi connectivity index (χ4v) is 4.54. The van der Waals surface area contributed by atoms with E-state index in [4.69, 9.17) is 9.29 Å². The minimum Gasteiger partial charge on any atom is -0.550 e. The molecule has 0 aliphatic heterocycles. The fourth-order valence-electron chi connectivity index (χ4n) is 3.95. The monoisotopic (exact) mass is 596 g/mol. The zero-order chi connectivity index (χ0) is 28.2. The zero-order valence-corrected chi connectivity index (χ0v) is 30.4. The molecule has 0 amide bonds. The van der Waals surface area contributed by atoms with Crippen LogP contribution in [0.3, 0.4) is 0 Å². The topological polar surface area (TPSA) is 144 Å². The van der Waals surface area contributed by atoms with E-state index in [1.54, 1.807) is 0 Å². The van der Waals surface area contributed by atoms with Crippen LogP contribution in [0.2, 0.25) is 0 Å². The molecule has 0 saturated carbocycles. The van der Waals surface area contributed by atoms with Gasteiger partial charge >= 0.3 is 59.1 Å². The molecule has 0 bridgehead atoms. The van der Waals surface area contributed by atoms with Crippen LogP contribution >= 0.6 is 0 Å². The minimum absolute atomic E-state index is 0. The first-order chi connectivity index (χ1) is 17.7. The molecule has 0 rings (SSSR count). The summed E-state index contributed by atoms with van der Waals surface area (Å²) in [5, 5.41) is 17.3. The number of aliphatic carboxylic acids is 2. The molecule has 0 aromatic heterocycles. The van der Waals surface area contributed by atoms with E-state index in [1.807, 2.05) is 0 Å². The van der Waals surface area contributed by atoms with Gasteiger partial charge in [-0.3, -0.25) is 4.55 Å². The Morgan fingerprint density at radius 1 is 0.615 bits per heavy atom. The largest absolute Gasteiger partial charge is 1.00 e. The predicted octanol–water partition coefficient (Wildman–Crippen LogP) is -1.01. The predicted molar refractivity (Wildman–Crippen MR) is 144 cm³/mol. The Labute approximate surface area is 283 Å². The second-order valence-electron chi connectivity index (χ2n) is 9.88. The molecule has 0 aromatic rings. The number of ether oxygens (including phenoxy) is 1. The maximum absolute atomic E-state index is 10.2. The SMILES string of the molecule is CCCCCCCCCCCCOCCCCCCCCCCCC.O=C([O-])CC(C(=O)[O-])S(=O)(=O)O.[Na+].[Na+]. The number of hydrogen-bond donors (Lipinski definition) is 1. The van der Waals surface area contributed by atoms with Crippen molar-refractivity contribution in [1.82, 2.24) is 0 Å². The molecular formula is C28H54Na2O8S. The zero-order valence-electron chi connectivity index (χ0n) is 25.6. The summed E-state index contributed by atoms with van der Waals surface area (Å²) in [6.45, 7) is 6.57. The third kappa shape index (κ3) is 38.8. The smallest absolute Gasteiger partial charge is 0.550 e. The molecule has 0 aliphatic rings. The van der Waals surface area contributed by atoms with Crippen LogP contribution in [-0.2, 0) is 24.4 Å². The summed E-state index contributed by atoms with van der Waals surface area (Å²) in [5.41, 5.74) is 0. The fraction of sp³-hybridized carbons (Fsp3) is 0.929. The Hall–Kier alpha value is 0.810. The van der Waals surface area contributed by atoms with Crippen molar-refractivity contribution in [2.75, 3.05) is 13.2 Å². The molecule has 0 aromatic carbocycles. The van der Waals surface area contributed by atoms with E-state index in [2.05, 4.69) is 13.8 Å². The number of rotatable bonds is 26. The number of carboxylic acid groups (broad SMARTS) is 2. The van der Waals surface area contributed by atoms with E-state index >= 15 is 0 Å². The summed E-state index contributed by atoms with van der Waals surface area (Å²) in [6.07, 6.45) is 26.8. The van der Waals surface area contributed by atoms with Gasteiger partial charge in [0.25, 0.3) is 10.1 Å². The summed E-state index contributed by atoms with van der Waals surface area (Å²) in [7, 11) is -4.94. The van der Waals surface area contributed by atoms with Crippen molar-refractivity contribution in [2.24, 2.45) is 0 Å². The van der Waals surface area contributed by atoms with Crippen molar-refractivity contribution in [3.8, 4) is 0 Å². The average molecular weight is 597 g/mol. The molecule has 222 valence electrons. The Bertz CT molecular complexity index is 611. The van der Waals surface area contributed by atoms with Gasteiger partial charge in [0.05, 0.1) is 5.97 Å². The van der Waals surface area contributed by atoms with Gasteiger partial charge < -0.3 is 24.5 Å². The normalized spacial score (nSPS) is 11.5. The Morgan fingerprint density at radius 3 is 1.10 bits per heavy atom. The van der Waals surface area contributed by atoms with Crippen LogP contribution in [0.15, 0.2) is 0 Å². The van der Waals surface area contributed by atoms with Gasteiger partial charge in [-0.15, -0.1) is 0 Å². The van der Waals surface area contributed by atoms with E-state index in [1.165, 1.54) is 128 Å². The number of unbranched alkanes of at least 4 members (excludes halogenated alkanes) is 18. The standard InChI is InChI=1S/C24H50O.C4H6O7S.2Na/c1-3-5-7-9-11-13-15-17-19-21-23-25-24-22-20-18-16-14-12-10-8-6-4-2;5-3(6)1-2(4(7)8)12(9,10)11;;/h3-24H2,1-2H3;2H,1H2,(H,5,6)(H,7,8)(H,9,10,11);;/q;;2*+1/p-2. The molecular weight excluding hydrogens is 542 g/mol. The minimum atomic E-state index is -4.94. The van der Waals surface area contributed by atoms with E-state index in [9.17, 15) is 28.2 Å². The first kappa shape index (κ1) is 46.8. The molecule has 1 N–H and O–H groups in total. The molecule has 11 heteroatoms. The molecule has 0 radical (unpaired) electrons. The van der Waals surface area contributed by atoms with Crippen LogP contribution in [0.5, 0.6) is 0 Å². The van der Waals surface area contributed by atoms with Crippen molar-refractivity contribution in [3.63, 3.8) is 0 Å². The first-order valence-electron chi connectivity index (χ1n) is 14.6. The summed E-state index contributed by atoms with van der Waals surface area (Å²) in [6, 6.07) is 0. The molecule has 1 atom stereocenters. The van der Waals surface area contributed by atoms with Crippen LogP contribution in [0, 0.1) is 0 Å². The summed E-state index contributed by atoms with van der Waals surface area (Å²) in [4.78, 5) is 19.7. The van der Waals surface area contributed by atoms with Crippen LogP contribution in [0.25, 0.3) is 0 Å². The van der Waals surface area contributed by atoms with Crippen LogP contribution in [0.1, 0.15) is 149 Å². The van der Waals surface area contributed by atoms with Crippen LogP contribution in [0.4, 0.5) is 0 Å². The van der Waals surface area contributed by atoms with Gasteiger partial charge in [-0.1, -0.05) is 129 Å². The van der Waals surface area contributed by atoms with E-state index in [-0.39, 0.29) is 59.1 Å². The summed E-state index contributed by atoms with van der Waals surface area (Å²) >= 11 is 0. The Morgan fingerprint density at radius 2 is 0.897 bits per heavy atom. The first-order valence-corrected chi connectivity index (χ1v) is 16.1. The van der Waals surface area contributed by atoms with Crippen molar-refractivity contribution >= 4 is 22.1 Å². The van der Waals surface area contributed by atoms with Crippen molar-refractivity contribution in [1.29, 1.82) is 0 Å². The van der Waals surface area contributed by atoms with Crippen LogP contribution in [-0.4, -0.2) is 43.4 Å². The van der Waals surface area contributed by atoms with Crippen LogP contribution < -0.4 is 69.3 Å². The van der Waals surface area contributed by atoms with E-state index in [0.29, 0.717) is 0 Å². The van der Waals surface area contributed by atoms with Gasteiger partial charge in [-0.05, 0) is 12.8 Å². The third-order valence-electron chi connectivity index (χ3n) is 6.26. The maximum atomic E-state index is 10.2. The van der Waals surface area contributed by atoms with Gasteiger partial charge in [-0.25, -0.2) is 0 Å². The molecule has 8 nitrogen and oxygen atoms in total. The van der Waals surface area contributed by atoms with Gasteiger partial charge in [0.2, 0.25) is 0 Å². The third-order valence-corrected chi connectivity index (χ3v) is 7.34. The Balaban J connectivity index is -0.000000371. The summed E-state index contributed by atoms with van der Waals surface area (Å²) in [5.74, 6) is -4.08. The number of carboxylic acids is 2. The van der Waals surface area contributed by atoms with Gasteiger partial charge in [-0.2, -0.15) is 8.42 Å². The molecule has 0 saturated heterocycles. The number of hydrogen-bond acceptors (Lipinski definition) is 7. The van der Waals surface area contributed by atoms with Crippen molar-refractivity contribution < 1.29 is 96.6 Å². The second kappa shape index (κ2) is 35.0. The second-order valence-corrected chi connectivity index (χ2v) is 11.5. The average Bonchev–Trinajstić information content (AvgIpc) is 2.83. The van der Waals surface area contributed by atoms with Crippen molar-refractivity contribution in [2.45, 2.75) is 154 Å². The van der Waals surface area contributed by atoms with E-state index in [0.717, 1.165) is 13.2 Å². The van der Waals surface area contributed by atoms with E-state index < -0.39 is 33.7 Å². The molecule has 39 heavy (non-hydrogen) atoms. The Kier molecular flexibility index (Phi) is 42.0. The maximum Gasteiger partial charge on any atom is 1.00 e. The molecule has 1 unspecified atom stereocenters. The van der Waals surface area contributed by atoms with Gasteiger partial charge in [0.15, 0.2) is 0 Å². The molecule has 0 fully saturated rings.